The Kier molecular flexibility index (Phi) is 6.96. The number of hydrogen-bond acceptors (Lipinski definition) is 5. The van der Waals surface area contributed by atoms with Crippen molar-refractivity contribution < 1.29 is 18.7 Å². The number of nitrogens with one attached hydrogen (secondary N) is 1. The first-order chi connectivity index (χ1) is 17.3. The Bertz CT molecular complexity index is 1310. The van der Waals surface area contributed by atoms with Gasteiger partial charge in [0.1, 0.15) is 18.1 Å². The van der Waals surface area contributed by atoms with Crippen LogP contribution < -0.4 is 16.0 Å². The van der Waals surface area contributed by atoms with Crippen molar-refractivity contribution in [2.24, 2.45) is 11.7 Å². The van der Waals surface area contributed by atoms with Crippen LogP contribution in [0, 0.1) is 11.7 Å². The standard InChI is InChI=1S/C26H29ClFN5O3/c1-32(25(35)15-5-3-2-4-6-15)17-8-10-21-20(14-17)30-26(33(21)12-11-22-23(29)36-22)31-24(34)16-7-9-19(28)18(27)13-16/h7-10,13-15,22-23H,2-6,11-12,29H2,1H3,(H,30,31,34). The number of carbonyl (C=O) groups excluding carboxylic acids is 2. The van der Waals surface area contributed by atoms with E-state index in [1.54, 1.807) is 11.9 Å². The lowest BCUT2D eigenvalue weighted by molar-refractivity contribution is -0.123. The summed E-state index contributed by atoms with van der Waals surface area (Å²) in [6, 6.07) is 9.45. The molecule has 1 aromatic heterocycles. The third-order valence-electron chi connectivity index (χ3n) is 7.07. The van der Waals surface area contributed by atoms with Crippen LogP contribution in [-0.4, -0.2) is 40.7 Å². The van der Waals surface area contributed by atoms with E-state index in [-0.39, 0.29) is 34.7 Å². The topological polar surface area (TPSA) is 106 Å². The summed E-state index contributed by atoms with van der Waals surface area (Å²) >= 11 is 5.86. The molecule has 0 radical (unpaired) electrons. The average molecular weight is 514 g/mol. The van der Waals surface area contributed by atoms with Crippen molar-refractivity contribution in [3.05, 3.63) is 52.8 Å². The van der Waals surface area contributed by atoms with Gasteiger partial charge in [-0.2, -0.15) is 0 Å². The largest absolute Gasteiger partial charge is 0.353 e. The number of hydrogen-bond donors (Lipinski definition) is 2. The minimum absolute atomic E-state index is 0.0413. The number of anilines is 2. The van der Waals surface area contributed by atoms with Gasteiger partial charge < -0.3 is 19.9 Å². The number of epoxide rings is 1. The van der Waals surface area contributed by atoms with Crippen LogP contribution in [0.25, 0.3) is 11.0 Å². The second-order valence-electron chi connectivity index (χ2n) is 9.50. The van der Waals surface area contributed by atoms with E-state index in [4.69, 9.17) is 22.1 Å². The Hall–Kier alpha value is -3.01. The van der Waals surface area contributed by atoms with Crippen molar-refractivity contribution in [1.82, 2.24) is 9.55 Å². The van der Waals surface area contributed by atoms with E-state index >= 15 is 0 Å². The smallest absolute Gasteiger partial charge is 0.258 e. The van der Waals surface area contributed by atoms with Crippen LogP contribution >= 0.6 is 11.6 Å². The van der Waals surface area contributed by atoms with E-state index in [2.05, 4.69) is 10.3 Å². The van der Waals surface area contributed by atoms with Crippen LogP contribution in [-0.2, 0) is 16.1 Å². The highest BCUT2D eigenvalue weighted by molar-refractivity contribution is 6.31. The highest BCUT2D eigenvalue weighted by atomic mass is 35.5. The summed E-state index contributed by atoms with van der Waals surface area (Å²) in [4.78, 5) is 32.3. The van der Waals surface area contributed by atoms with Gasteiger partial charge in [-0.1, -0.05) is 30.9 Å². The summed E-state index contributed by atoms with van der Waals surface area (Å²) < 4.78 is 20.8. The van der Waals surface area contributed by atoms with Crippen molar-refractivity contribution in [3.8, 4) is 0 Å². The van der Waals surface area contributed by atoms with E-state index in [9.17, 15) is 14.0 Å². The molecule has 0 bridgehead atoms. The molecule has 2 fully saturated rings. The van der Waals surface area contributed by atoms with Gasteiger partial charge in [-0.25, -0.2) is 9.37 Å². The molecule has 1 saturated carbocycles. The van der Waals surface area contributed by atoms with E-state index < -0.39 is 11.7 Å². The molecule has 2 heterocycles. The Labute approximate surface area is 213 Å². The van der Waals surface area contributed by atoms with Gasteiger partial charge in [0.05, 0.1) is 16.1 Å². The lowest BCUT2D eigenvalue weighted by Gasteiger charge is -2.26. The van der Waals surface area contributed by atoms with Crippen LogP contribution in [0.1, 0.15) is 48.9 Å². The summed E-state index contributed by atoms with van der Waals surface area (Å²) in [7, 11) is 1.79. The van der Waals surface area contributed by atoms with Gasteiger partial charge in [-0.15, -0.1) is 0 Å². The Balaban J connectivity index is 1.43. The number of amides is 2. The predicted molar refractivity (Wildman–Crippen MR) is 137 cm³/mol. The summed E-state index contributed by atoms with van der Waals surface area (Å²) in [5.41, 5.74) is 8.20. The summed E-state index contributed by atoms with van der Waals surface area (Å²) in [5, 5.41) is 2.69. The summed E-state index contributed by atoms with van der Waals surface area (Å²) in [6.45, 7) is 0.519. The third kappa shape index (κ3) is 5.09. The number of nitrogens with zero attached hydrogens (tertiary/aromatic N) is 3. The molecule has 2 aromatic carbocycles. The molecule has 3 N–H and O–H groups in total. The average Bonchev–Trinajstić information content (AvgIpc) is 3.49. The normalized spacial score (nSPS) is 19.9. The number of nitrogens with two attached hydrogens (primary N) is 1. The van der Waals surface area contributed by atoms with Gasteiger partial charge >= 0.3 is 0 Å². The number of ether oxygens (including phenoxy) is 1. The first-order valence-electron chi connectivity index (χ1n) is 12.3. The Morgan fingerprint density at radius 2 is 1.97 bits per heavy atom. The zero-order valence-corrected chi connectivity index (χ0v) is 20.8. The quantitative estimate of drug-likeness (QED) is 0.445. The zero-order valence-electron chi connectivity index (χ0n) is 20.0. The first-order valence-corrected chi connectivity index (χ1v) is 12.6. The molecule has 1 aliphatic heterocycles. The van der Waals surface area contributed by atoms with Crippen molar-refractivity contribution in [2.45, 2.75) is 57.4 Å². The number of imidazole rings is 1. The van der Waals surface area contributed by atoms with Gasteiger partial charge in [-0.3, -0.25) is 14.9 Å². The molecule has 2 atom stereocenters. The fourth-order valence-electron chi connectivity index (χ4n) is 4.86. The molecule has 2 unspecified atom stereocenters. The maximum absolute atomic E-state index is 13.6. The van der Waals surface area contributed by atoms with Crippen LogP contribution in [0.3, 0.4) is 0 Å². The molecule has 36 heavy (non-hydrogen) atoms. The van der Waals surface area contributed by atoms with E-state index in [0.29, 0.717) is 24.4 Å². The molecule has 1 saturated heterocycles. The number of rotatable bonds is 7. The number of fused-ring (bicyclic) bond motifs is 1. The summed E-state index contributed by atoms with van der Waals surface area (Å²) in [6.07, 6.45) is 5.55. The van der Waals surface area contributed by atoms with Crippen molar-refractivity contribution in [2.75, 3.05) is 17.3 Å². The predicted octanol–water partition coefficient (Wildman–Crippen LogP) is 4.70. The Morgan fingerprint density at radius 1 is 1.22 bits per heavy atom. The second kappa shape index (κ2) is 10.2. The monoisotopic (exact) mass is 513 g/mol. The van der Waals surface area contributed by atoms with Crippen LogP contribution in [0.15, 0.2) is 36.4 Å². The molecule has 0 spiro atoms. The molecule has 8 nitrogen and oxygen atoms in total. The SMILES string of the molecule is CN(C(=O)C1CCCCC1)c1ccc2c(c1)nc(NC(=O)c1ccc(F)c(Cl)c1)n2CCC1OC1N. The Morgan fingerprint density at radius 3 is 2.67 bits per heavy atom. The molecule has 1 aliphatic carbocycles. The van der Waals surface area contributed by atoms with Crippen LogP contribution in [0.2, 0.25) is 5.02 Å². The maximum Gasteiger partial charge on any atom is 0.258 e. The molecule has 2 amide bonds. The van der Waals surface area contributed by atoms with Crippen LogP contribution in [0.5, 0.6) is 0 Å². The molecular weight excluding hydrogens is 485 g/mol. The third-order valence-corrected chi connectivity index (χ3v) is 7.36. The molecular formula is C26H29ClFN5O3. The number of benzene rings is 2. The zero-order chi connectivity index (χ0) is 25.4. The number of carbonyl (C=O) groups is 2. The number of aryl methyl sites for hydroxylation is 1. The van der Waals surface area contributed by atoms with Crippen molar-refractivity contribution in [3.63, 3.8) is 0 Å². The molecule has 2 aliphatic rings. The van der Waals surface area contributed by atoms with E-state index in [1.165, 1.54) is 18.6 Å². The van der Waals surface area contributed by atoms with Gasteiger partial charge in [-0.05, 0) is 55.7 Å². The van der Waals surface area contributed by atoms with Crippen LogP contribution in [0.4, 0.5) is 16.0 Å². The molecule has 3 aromatic rings. The fourth-order valence-corrected chi connectivity index (χ4v) is 5.04. The molecule has 10 heteroatoms. The molecule has 190 valence electrons. The number of halogens is 2. The minimum atomic E-state index is -0.597. The first kappa shape index (κ1) is 24.7. The second-order valence-corrected chi connectivity index (χ2v) is 9.91. The highest BCUT2D eigenvalue weighted by Gasteiger charge is 2.35. The van der Waals surface area contributed by atoms with Gasteiger partial charge in [0.15, 0.2) is 0 Å². The van der Waals surface area contributed by atoms with Gasteiger partial charge in [0, 0.05) is 30.8 Å². The molecule has 5 rings (SSSR count). The number of aromatic nitrogens is 2. The highest BCUT2D eigenvalue weighted by Crippen LogP contribution is 2.30. The fraction of sp³-hybridized carbons (Fsp3) is 0.423. The van der Waals surface area contributed by atoms with Crippen molar-refractivity contribution >= 4 is 46.1 Å². The van der Waals surface area contributed by atoms with E-state index in [1.807, 2.05) is 22.8 Å². The van der Waals surface area contributed by atoms with Gasteiger partial charge in [0.2, 0.25) is 11.9 Å². The minimum Gasteiger partial charge on any atom is -0.353 e. The lowest BCUT2D eigenvalue weighted by Crippen LogP contribution is -2.33. The van der Waals surface area contributed by atoms with E-state index in [0.717, 1.165) is 43.0 Å². The van der Waals surface area contributed by atoms with Gasteiger partial charge in [0.25, 0.3) is 5.91 Å². The van der Waals surface area contributed by atoms with Crippen molar-refractivity contribution in [1.29, 1.82) is 0 Å². The summed E-state index contributed by atoms with van der Waals surface area (Å²) in [5.74, 6) is -0.548. The lowest BCUT2D eigenvalue weighted by atomic mass is 9.88. The maximum atomic E-state index is 13.6.